The zero-order chi connectivity index (χ0) is 17.3. The van der Waals surface area contributed by atoms with Gasteiger partial charge in [0.1, 0.15) is 0 Å². The number of hydrogen-bond acceptors (Lipinski definition) is 3. The summed E-state index contributed by atoms with van der Waals surface area (Å²) >= 11 is 0. The first-order chi connectivity index (χ1) is 12.1. The van der Waals surface area contributed by atoms with Crippen molar-refractivity contribution >= 4 is 5.97 Å². The summed E-state index contributed by atoms with van der Waals surface area (Å²) < 4.78 is 1.99. The normalized spacial score (nSPS) is 22.6. The van der Waals surface area contributed by atoms with Crippen LogP contribution >= 0.6 is 0 Å². The van der Waals surface area contributed by atoms with E-state index in [1.165, 1.54) is 17.5 Å². The van der Waals surface area contributed by atoms with Crippen LogP contribution < -0.4 is 0 Å². The van der Waals surface area contributed by atoms with Gasteiger partial charge in [-0.2, -0.15) is 5.10 Å². The highest BCUT2D eigenvalue weighted by molar-refractivity contribution is 5.70. The summed E-state index contributed by atoms with van der Waals surface area (Å²) in [5, 5.41) is 13.9. The third kappa shape index (κ3) is 3.33. The minimum absolute atomic E-state index is 0.114. The Morgan fingerprint density at radius 2 is 2.00 bits per heavy atom. The van der Waals surface area contributed by atoms with Gasteiger partial charge in [0.25, 0.3) is 0 Å². The predicted molar refractivity (Wildman–Crippen MR) is 95.1 cm³/mol. The average Bonchev–Trinajstić information content (AvgIpc) is 3.01. The first-order valence-corrected chi connectivity index (χ1v) is 9.18. The Kier molecular flexibility index (Phi) is 4.34. The maximum absolute atomic E-state index is 11.4. The Balaban J connectivity index is 1.43. The van der Waals surface area contributed by atoms with E-state index in [-0.39, 0.29) is 11.5 Å². The number of carboxylic acids is 1. The molecule has 5 nitrogen and oxygen atoms in total. The molecule has 2 heterocycles. The van der Waals surface area contributed by atoms with Crippen molar-refractivity contribution in [3.05, 3.63) is 53.9 Å². The lowest BCUT2D eigenvalue weighted by atomic mass is 9.67. The fraction of sp³-hybridized carbons (Fsp3) is 0.500. The minimum Gasteiger partial charge on any atom is -0.481 e. The van der Waals surface area contributed by atoms with E-state index in [2.05, 4.69) is 28.3 Å². The summed E-state index contributed by atoms with van der Waals surface area (Å²) in [6.45, 7) is 2.54. The molecule has 1 atom stereocenters. The molecule has 1 aromatic heterocycles. The standard InChI is InChI=1S/C20H25N3O2/c24-19(25)18-7-10-22(20(11-18)8-4-9-20)13-17-12-21-23(15-17)14-16-5-2-1-3-6-16/h1-3,5-6,12,15,18H,4,7-11,13-14H2,(H,24,25). The van der Waals surface area contributed by atoms with Crippen molar-refractivity contribution in [2.75, 3.05) is 6.54 Å². The molecule has 2 aromatic rings. The highest BCUT2D eigenvalue weighted by atomic mass is 16.4. The van der Waals surface area contributed by atoms with Crippen molar-refractivity contribution in [3.63, 3.8) is 0 Å². The van der Waals surface area contributed by atoms with Crippen LogP contribution in [0, 0.1) is 5.92 Å². The van der Waals surface area contributed by atoms with E-state index in [4.69, 9.17) is 0 Å². The number of nitrogens with zero attached hydrogens (tertiary/aromatic N) is 3. The monoisotopic (exact) mass is 339 g/mol. The van der Waals surface area contributed by atoms with E-state index in [0.717, 1.165) is 45.3 Å². The molecule has 0 amide bonds. The molecule has 1 N–H and O–H groups in total. The van der Waals surface area contributed by atoms with Gasteiger partial charge in [-0.1, -0.05) is 30.3 Å². The number of piperidine rings is 1. The summed E-state index contributed by atoms with van der Waals surface area (Å²) in [5.41, 5.74) is 2.58. The first kappa shape index (κ1) is 16.3. The summed E-state index contributed by atoms with van der Waals surface area (Å²) in [6.07, 6.45) is 9.14. The van der Waals surface area contributed by atoms with Gasteiger partial charge in [0, 0.05) is 23.8 Å². The highest BCUT2D eigenvalue weighted by Crippen LogP contribution is 2.46. The van der Waals surface area contributed by atoms with Gasteiger partial charge in [0.15, 0.2) is 0 Å². The molecule has 1 saturated heterocycles. The van der Waals surface area contributed by atoms with Crippen LogP contribution in [0.25, 0.3) is 0 Å². The number of hydrogen-bond donors (Lipinski definition) is 1. The Morgan fingerprint density at radius 1 is 1.20 bits per heavy atom. The number of carboxylic acid groups (broad SMARTS) is 1. The van der Waals surface area contributed by atoms with Crippen molar-refractivity contribution in [2.24, 2.45) is 5.92 Å². The maximum Gasteiger partial charge on any atom is 0.306 e. The fourth-order valence-corrected chi connectivity index (χ4v) is 4.37. The van der Waals surface area contributed by atoms with E-state index in [1.807, 2.05) is 29.1 Å². The van der Waals surface area contributed by atoms with Crippen LogP contribution in [0.3, 0.4) is 0 Å². The summed E-state index contributed by atoms with van der Waals surface area (Å²) in [7, 11) is 0. The maximum atomic E-state index is 11.4. The Hall–Kier alpha value is -2.14. The van der Waals surface area contributed by atoms with Gasteiger partial charge in [-0.25, -0.2) is 0 Å². The lowest BCUT2D eigenvalue weighted by Gasteiger charge is -2.54. The number of carbonyl (C=O) groups is 1. The topological polar surface area (TPSA) is 58.4 Å². The second-order valence-electron chi connectivity index (χ2n) is 7.56. The number of benzene rings is 1. The van der Waals surface area contributed by atoms with Crippen molar-refractivity contribution in [1.82, 2.24) is 14.7 Å². The Labute approximate surface area is 148 Å². The van der Waals surface area contributed by atoms with E-state index in [9.17, 15) is 9.90 Å². The molecular weight excluding hydrogens is 314 g/mol. The van der Waals surface area contributed by atoms with Gasteiger partial charge in [-0.15, -0.1) is 0 Å². The second kappa shape index (κ2) is 6.64. The van der Waals surface area contributed by atoms with E-state index < -0.39 is 5.97 Å². The molecule has 1 saturated carbocycles. The molecule has 5 heteroatoms. The molecular formula is C20H25N3O2. The van der Waals surface area contributed by atoms with Crippen LogP contribution in [0.1, 0.15) is 43.2 Å². The van der Waals surface area contributed by atoms with Crippen LogP contribution in [0.2, 0.25) is 0 Å². The van der Waals surface area contributed by atoms with Gasteiger partial charge in [0.05, 0.1) is 18.7 Å². The molecule has 1 aliphatic carbocycles. The SMILES string of the molecule is O=C(O)C1CCN(Cc2cnn(Cc3ccccc3)c2)C2(CCC2)C1. The van der Waals surface area contributed by atoms with E-state index in [0.29, 0.717) is 0 Å². The van der Waals surface area contributed by atoms with Crippen molar-refractivity contribution in [2.45, 2.75) is 50.7 Å². The zero-order valence-electron chi connectivity index (χ0n) is 14.5. The molecule has 1 unspecified atom stereocenters. The molecule has 1 aliphatic heterocycles. The fourth-order valence-electron chi connectivity index (χ4n) is 4.37. The van der Waals surface area contributed by atoms with Gasteiger partial charge in [0.2, 0.25) is 0 Å². The van der Waals surface area contributed by atoms with Crippen molar-refractivity contribution in [3.8, 4) is 0 Å². The summed E-state index contributed by atoms with van der Waals surface area (Å²) in [4.78, 5) is 13.9. The number of rotatable bonds is 5. The largest absolute Gasteiger partial charge is 0.481 e. The average molecular weight is 339 g/mol. The number of aromatic nitrogens is 2. The highest BCUT2D eigenvalue weighted by Gasteiger charge is 2.47. The molecule has 132 valence electrons. The van der Waals surface area contributed by atoms with Crippen molar-refractivity contribution < 1.29 is 9.90 Å². The molecule has 0 radical (unpaired) electrons. The van der Waals surface area contributed by atoms with Gasteiger partial charge in [-0.3, -0.25) is 14.4 Å². The van der Waals surface area contributed by atoms with Gasteiger partial charge >= 0.3 is 5.97 Å². The molecule has 2 fully saturated rings. The third-order valence-electron chi connectivity index (χ3n) is 5.93. The summed E-state index contributed by atoms with van der Waals surface area (Å²) in [5.74, 6) is -0.793. The van der Waals surface area contributed by atoms with E-state index >= 15 is 0 Å². The zero-order valence-corrected chi connectivity index (χ0v) is 14.5. The van der Waals surface area contributed by atoms with Gasteiger partial charge < -0.3 is 5.11 Å². The lowest BCUT2D eigenvalue weighted by molar-refractivity contribution is -0.148. The molecule has 1 spiro atoms. The van der Waals surface area contributed by atoms with Crippen LogP contribution in [0.4, 0.5) is 0 Å². The van der Waals surface area contributed by atoms with Gasteiger partial charge in [-0.05, 0) is 44.2 Å². The van der Waals surface area contributed by atoms with Crippen LogP contribution in [0.5, 0.6) is 0 Å². The number of aliphatic carboxylic acids is 1. The molecule has 25 heavy (non-hydrogen) atoms. The minimum atomic E-state index is -0.624. The number of likely N-dealkylation sites (tertiary alicyclic amines) is 1. The van der Waals surface area contributed by atoms with Crippen LogP contribution in [-0.2, 0) is 17.9 Å². The third-order valence-corrected chi connectivity index (χ3v) is 5.93. The van der Waals surface area contributed by atoms with Crippen molar-refractivity contribution in [1.29, 1.82) is 0 Å². The quantitative estimate of drug-likeness (QED) is 0.909. The molecule has 2 aliphatic rings. The smallest absolute Gasteiger partial charge is 0.306 e. The molecule has 4 rings (SSSR count). The van der Waals surface area contributed by atoms with Crippen LogP contribution in [0.15, 0.2) is 42.7 Å². The Morgan fingerprint density at radius 3 is 2.68 bits per heavy atom. The van der Waals surface area contributed by atoms with E-state index in [1.54, 1.807) is 0 Å². The first-order valence-electron chi connectivity index (χ1n) is 9.18. The molecule has 1 aromatic carbocycles. The molecule has 0 bridgehead atoms. The predicted octanol–water partition coefficient (Wildman–Crippen LogP) is 3.15. The Bertz CT molecular complexity index is 736. The summed E-state index contributed by atoms with van der Waals surface area (Å²) in [6, 6.07) is 10.3. The van der Waals surface area contributed by atoms with Crippen LogP contribution in [-0.4, -0.2) is 37.8 Å². The second-order valence-corrected chi connectivity index (χ2v) is 7.56. The lowest BCUT2D eigenvalue weighted by Crippen LogP contribution is -2.58.